The third kappa shape index (κ3) is 15.9. The number of esters is 1. The Labute approximate surface area is 369 Å². The molecule has 310 valence electrons. The van der Waals surface area contributed by atoms with E-state index in [9.17, 15) is 28.0 Å². The molecular weight excluding hydrogens is 805 g/mol. The number of aliphatic carboxylic acids is 1. The van der Waals surface area contributed by atoms with Crippen molar-refractivity contribution in [2.24, 2.45) is 9.98 Å². The number of H-pyrrole nitrogens is 2. The summed E-state index contributed by atoms with van der Waals surface area (Å²) in [6.07, 6.45) is 0.0701. The number of anilines is 2. The van der Waals surface area contributed by atoms with Crippen LogP contribution in [0.2, 0.25) is 0 Å². The van der Waals surface area contributed by atoms with E-state index in [1.807, 2.05) is 13.8 Å². The van der Waals surface area contributed by atoms with E-state index in [2.05, 4.69) is 56.4 Å². The summed E-state index contributed by atoms with van der Waals surface area (Å²) in [6, 6.07) is 27.4. The molecule has 0 aliphatic rings. The number of aromatic amines is 2. The third-order valence-electron chi connectivity index (χ3n) is 7.88. The predicted molar refractivity (Wildman–Crippen MR) is 218 cm³/mol. The summed E-state index contributed by atoms with van der Waals surface area (Å²) in [5.74, 6) is -2.11. The van der Waals surface area contributed by atoms with Crippen LogP contribution in [0.15, 0.2) is 119 Å². The molecule has 0 spiro atoms. The number of methoxy groups -OCH3 is 1. The SMILES string of the molecule is COC(=O)Cc1ccc(NC(=Nc2cc(C)[nH]n2)NC(=O)c2ccc(F)cc2)cc1.Cc1cc(N=C(NC(=O)c2ccc(F)cc2)Nc2ccc(CC(=O)O)cc2)n[nH]1.[Na+].[OH-]. The second kappa shape index (κ2) is 23.5. The van der Waals surface area contributed by atoms with Gasteiger partial charge in [-0.05, 0) is 97.8 Å². The Morgan fingerprint density at radius 3 is 1.34 bits per heavy atom. The van der Waals surface area contributed by atoms with Crippen molar-refractivity contribution in [3.63, 3.8) is 0 Å². The van der Waals surface area contributed by atoms with Gasteiger partial charge in [-0.1, -0.05) is 24.3 Å². The van der Waals surface area contributed by atoms with Crippen LogP contribution in [0.5, 0.6) is 0 Å². The molecule has 2 aromatic heterocycles. The number of carboxylic acids is 1. The van der Waals surface area contributed by atoms with Gasteiger partial charge in [0.25, 0.3) is 11.8 Å². The summed E-state index contributed by atoms with van der Waals surface area (Å²) < 4.78 is 30.9. The second-order valence-electron chi connectivity index (χ2n) is 12.6. The second-order valence-corrected chi connectivity index (χ2v) is 12.6. The molecule has 6 rings (SSSR count). The summed E-state index contributed by atoms with van der Waals surface area (Å²) in [5.41, 5.74) is 4.78. The van der Waals surface area contributed by atoms with Crippen LogP contribution in [0.1, 0.15) is 43.2 Å². The number of guanidine groups is 2. The first-order chi connectivity index (χ1) is 28.3. The first kappa shape index (κ1) is 48.3. The Morgan fingerprint density at radius 2 is 1.02 bits per heavy atom. The fourth-order valence-electron chi connectivity index (χ4n) is 4.99. The maximum absolute atomic E-state index is 13.1. The molecule has 4 aromatic carbocycles. The molecule has 8 N–H and O–H groups in total. The molecule has 0 saturated carbocycles. The van der Waals surface area contributed by atoms with Gasteiger partial charge in [-0.25, -0.2) is 8.78 Å². The van der Waals surface area contributed by atoms with Gasteiger partial charge in [0.15, 0.2) is 11.6 Å². The van der Waals surface area contributed by atoms with E-state index in [1.165, 1.54) is 55.6 Å². The number of rotatable bonds is 10. The van der Waals surface area contributed by atoms with Crippen LogP contribution in [0, 0.1) is 25.5 Å². The summed E-state index contributed by atoms with van der Waals surface area (Å²) >= 11 is 0. The number of halogens is 2. The number of carboxylic acid groups (broad SMARTS) is 1. The molecule has 0 aliphatic carbocycles. The maximum atomic E-state index is 13.1. The summed E-state index contributed by atoms with van der Waals surface area (Å²) in [6.45, 7) is 3.65. The fourth-order valence-corrected chi connectivity index (χ4v) is 4.99. The summed E-state index contributed by atoms with van der Waals surface area (Å²) in [7, 11) is 1.33. The molecule has 0 unspecified atom stereocenters. The number of amides is 2. The molecule has 2 heterocycles. The van der Waals surface area contributed by atoms with Crippen LogP contribution in [0.4, 0.5) is 31.8 Å². The maximum Gasteiger partial charge on any atom is 1.00 e. The average Bonchev–Trinajstić information content (AvgIpc) is 3.82. The number of aryl methyl sites for hydroxylation is 2. The van der Waals surface area contributed by atoms with Crippen LogP contribution < -0.4 is 50.8 Å². The van der Waals surface area contributed by atoms with E-state index in [1.54, 1.807) is 60.7 Å². The van der Waals surface area contributed by atoms with Gasteiger partial charge in [-0.15, -0.1) is 0 Å². The smallest absolute Gasteiger partial charge is 0.870 e. The molecule has 0 aliphatic heterocycles. The van der Waals surface area contributed by atoms with Crippen molar-refractivity contribution >= 4 is 58.7 Å². The number of carbonyl (C=O) groups is 4. The average molecular weight is 845 g/mol. The Balaban J connectivity index is 0.000000315. The van der Waals surface area contributed by atoms with E-state index in [4.69, 9.17) is 5.11 Å². The van der Waals surface area contributed by atoms with Gasteiger partial charge < -0.3 is 26.0 Å². The van der Waals surface area contributed by atoms with Gasteiger partial charge in [-0.3, -0.25) is 40.0 Å². The standard InChI is InChI=1S/C21H20FN5O3.C20H18FN5O3.Na.H2O/c1-13-11-18(27-26-13)24-21(25-20(29)15-5-7-16(22)8-6-15)23-17-9-3-14(4-10-17)12-19(28)30-2;1-12-10-17(26-25-12)23-20(24-19(29)14-4-6-15(21)7-5-14)22-16-8-2-13(3-9-16)11-18(27)28;;/h3-11H,12H2,1-2H3,(H3,23,24,25,26,27,29);2-10H,11H2,1H3,(H,27,28)(H3,22,23,24,25,26,29);;1H2/q;;+1;/p-1. The molecule has 17 nitrogen and oxygen atoms in total. The van der Waals surface area contributed by atoms with Crippen LogP contribution in [-0.2, 0) is 27.2 Å². The quantitative estimate of drug-likeness (QED) is 0.0457. The van der Waals surface area contributed by atoms with Crippen molar-refractivity contribution in [1.82, 2.24) is 31.0 Å². The third-order valence-corrected chi connectivity index (χ3v) is 7.88. The van der Waals surface area contributed by atoms with Crippen molar-refractivity contribution < 1.29 is 72.8 Å². The molecule has 0 bridgehead atoms. The molecule has 6 aromatic rings. The Hall–Kier alpha value is -7.06. The van der Waals surface area contributed by atoms with Gasteiger partial charge in [0.05, 0.1) is 20.0 Å². The molecular formula is C41H39F2N10NaO7. The topological polar surface area (TPSA) is 258 Å². The minimum absolute atomic E-state index is 0. The van der Waals surface area contributed by atoms with Crippen molar-refractivity contribution in [3.8, 4) is 0 Å². The molecule has 2 amide bonds. The Morgan fingerprint density at radius 1 is 0.639 bits per heavy atom. The Bertz CT molecular complexity index is 2460. The van der Waals surface area contributed by atoms with Gasteiger partial charge in [0.2, 0.25) is 11.9 Å². The monoisotopic (exact) mass is 844 g/mol. The zero-order chi connectivity index (χ0) is 42.3. The van der Waals surface area contributed by atoms with E-state index in [-0.39, 0.29) is 76.9 Å². The van der Waals surface area contributed by atoms with Crippen molar-refractivity contribution in [3.05, 3.63) is 154 Å². The first-order valence-electron chi connectivity index (χ1n) is 17.7. The number of carbonyl (C=O) groups excluding carboxylic acids is 3. The number of aromatic nitrogens is 4. The van der Waals surface area contributed by atoms with Gasteiger partial charge in [-0.2, -0.15) is 20.2 Å². The van der Waals surface area contributed by atoms with Crippen LogP contribution in [0.3, 0.4) is 0 Å². The molecule has 61 heavy (non-hydrogen) atoms. The normalized spacial score (nSPS) is 10.8. The van der Waals surface area contributed by atoms with Gasteiger partial charge >= 0.3 is 41.5 Å². The number of nitrogens with one attached hydrogen (secondary N) is 6. The van der Waals surface area contributed by atoms with Crippen molar-refractivity contribution in [1.29, 1.82) is 0 Å². The number of hydrogen-bond donors (Lipinski definition) is 7. The molecule has 0 fully saturated rings. The van der Waals surface area contributed by atoms with Crippen molar-refractivity contribution in [2.75, 3.05) is 17.7 Å². The largest absolute Gasteiger partial charge is 1.00 e. The zero-order valence-electron chi connectivity index (χ0n) is 33.3. The van der Waals surface area contributed by atoms with E-state index < -0.39 is 29.4 Å². The number of ether oxygens (including phenoxy) is 1. The minimum Gasteiger partial charge on any atom is -0.870 e. The number of aliphatic imine (C=N–C) groups is 2. The van der Waals surface area contributed by atoms with Crippen LogP contribution in [0.25, 0.3) is 0 Å². The molecule has 20 heteroatoms. The van der Waals surface area contributed by atoms with Gasteiger partial charge in [0.1, 0.15) is 11.6 Å². The van der Waals surface area contributed by atoms with Crippen LogP contribution in [-0.4, -0.2) is 73.8 Å². The van der Waals surface area contributed by atoms with Gasteiger partial charge in [0, 0.05) is 46.0 Å². The molecule has 0 radical (unpaired) electrons. The van der Waals surface area contributed by atoms with E-state index in [0.717, 1.165) is 17.0 Å². The van der Waals surface area contributed by atoms with Crippen molar-refractivity contribution in [2.45, 2.75) is 26.7 Å². The van der Waals surface area contributed by atoms with E-state index >= 15 is 0 Å². The van der Waals surface area contributed by atoms with E-state index in [0.29, 0.717) is 28.6 Å². The molecule has 0 atom stereocenters. The minimum atomic E-state index is -0.923. The fraction of sp³-hybridized carbons (Fsp3) is 0.122. The van der Waals surface area contributed by atoms with Crippen LogP contribution >= 0.6 is 0 Å². The zero-order valence-corrected chi connectivity index (χ0v) is 35.3. The summed E-state index contributed by atoms with van der Waals surface area (Å²) in [4.78, 5) is 55.8. The molecule has 0 saturated heterocycles. The number of benzene rings is 4. The number of hydrogen-bond acceptors (Lipinski definition) is 10. The summed E-state index contributed by atoms with van der Waals surface area (Å²) in [5, 5.41) is 33.7. The number of nitrogens with zero attached hydrogens (tertiary/aromatic N) is 4. The predicted octanol–water partition coefficient (Wildman–Crippen LogP) is 2.94. The first-order valence-corrected chi connectivity index (χ1v) is 17.7. The Kier molecular flexibility index (Phi) is 18.6.